The average Bonchev–Trinajstić information content (AvgIpc) is 2.61. The van der Waals surface area contributed by atoms with Gasteiger partial charge in [0.05, 0.1) is 19.3 Å². The molecule has 5 unspecified atom stereocenters. The van der Waals surface area contributed by atoms with E-state index in [-0.39, 0.29) is 31.0 Å². The Morgan fingerprint density at radius 3 is 2.81 bits per heavy atom. The van der Waals surface area contributed by atoms with Crippen molar-refractivity contribution in [2.24, 2.45) is 5.92 Å². The zero-order chi connectivity index (χ0) is 12.0. The lowest BCUT2D eigenvalue weighted by Crippen LogP contribution is -2.29. The van der Waals surface area contributed by atoms with E-state index in [9.17, 15) is 0 Å². The summed E-state index contributed by atoms with van der Waals surface area (Å²) in [5.74, 6) is 0.124. The Kier molecular flexibility index (Phi) is 6.47. The Hall–Kier alpha value is 0.0100. The van der Waals surface area contributed by atoms with E-state index in [0.717, 1.165) is 12.8 Å². The molecule has 1 rings (SSSR count). The fourth-order valence-electron chi connectivity index (χ4n) is 1.84. The zero-order valence-electron chi connectivity index (χ0n) is 9.67. The van der Waals surface area contributed by atoms with Crippen LogP contribution >= 0.6 is 9.47 Å². The first-order valence-electron chi connectivity index (χ1n) is 5.59. The molecule has 0 amide bonds. The first kappa shape index (κ1) is 14.1. The molecule has 0 aromatic rings. The number of aliphatic hydroxyl groups is 1. The normalized spacial score (nSPS) is 34.2. The predicted molar refractivity (Wildman–Crippen MR) is 64.9 cm³/mol. The van der Waals surface area contributed by atoms with Gasteiger partial charge in [0, 0.05) is 15.4 Å². The second-order valence-electron chi connectivity index (χ2n) is 3.99. The molecule has 4 nitrogen and oxygen atoms in total. The molecule has 1 fully saturated rings. The van der Waals surface area contributed by atoms with Crippen LogP contribution in [0.4, 0.5) is 0 Å². The van der Waals surface area contributed by atoms with Crippen LogP contribution in [0.2, 0.25) is 0 Å². The highest BCUT2D eigenvalue weighted by Crippen LogP contribution is 2.31. The number of ether oxygens (including phenoxy) is 2. The second-order valence-corrected chi connectivity index (χ2v) is 4.26. The molecule has 16 heavy (non-hydrogen) atoms. The standard InChI is InChI=1S/C11H21O4P/c1-3-4-5-6-13-11-8(2)10(15-16)9(7-12)14-11/h3,8-12H,1,4-7,16H2,2H3. The summed E-state index contributed by atoms with van der Waals surface area (Å²) in [6.45, 7) is 6.25. The lowest BCUT2D eigenvalue weighted by Gasteiger charge is -2.17. The minimum atomic E-state index is -0.295. The summed E-state index contributed by atoms with van der Waals surface area (Å²) in [5, 5.41) is 9.13. The van der Waals surface area contributed by atoms with Crippen LogP contribution in [-0.4, -0.2) is 36.8 Å². The molecule has 1 heterocycles. The van der Waals surface area contributed by atoms with Crippen LogP contribution in [0.1, 0.15) is 19.8 Å². The van der Waals surface area contributed by atoms with Gasteiger partial charge >= 0.3 is 0 Å². The SMILES string of the molecule is C=CCCCOC1OC(CO)C(OP)C1C. The van der Waals surface area contributed by atoms with Crippen LogP contribution in [0.25, 0.3) is 0 Å². The van der Waals surface area contributed by atoms with Crippen molar-refractivity contribution >= 4 is 9.47 Å². The maximum atomic E-state index is 9.13. The summed E-state index contributed by atoms with van der Waals surface area (Å²) in [6, 6.07) is 0. The molecule has 0 aliphatic carbocycles. The van der Waals surface area contributed by atoms with Crippen molar-refractivity contribution in [2.45, 2.75) is 38.3 Å². The van der Waals surface area contributed by atoms with Crippen molar-refractivity contribution in [1.29, 1.82) is 0 Å². The second kappa shape index (κ2) is 7.36. The summed E-state index contributed by atoms with van der Waals surface area (Å²) >= 11 is 0. The van der Waals surface area contributed by atoms with Gasteiger partial charge in [-0.05, 0) is 12.8 Å². The number of aliphatic hydroxyl groups excluding tert-OH is 1. The molecular formula is C11H21O4P. The van der Waals surface area contributed by atoms with Gasteiger partial charge in [-0.2, -0.15) is 0 Å². The first-order chi connectivity index (χ1) is 7.74. The van der Waals surface area contributed by atoms with Gasteiger partial charge in [0.1, 0.15) is 6.10 Å². The molecule has 0 aromatic heterocycles. The molecule has 0 aromatic carbocycles. The molecule has 0 bridgehead atoms. The largest absolute Gasteiger partial charge is 0.394 e. The van der Waals surface area contributed by atoms with Crippen molar-refractivity contribution in [3.8, 4) is 0 Å². The van der Waals surface area contributed by atoms with Gasteiger partial charge in [-0.3, -0.25) is 0 Å². The van der Waals surface area contributed by atoms with Crippen molar-refractivity contribution in [1.82, 2.24) is 0 Å². The molecule has 1 saturated heterocycles. The smallest absolute Gasteiger partial charge is 0.163 e. The third kappa shape index (κ3) is 3.51. The maximum absolute atomic E-state index is 9.13. The van der Waals surface area contributed by atoms with Gasteiger partial charge in [-0.1, -0.05) is 13.0 Å². The van der Waals surface area contributed by atoms with E-state index in [1.165, 1.54) is 0 Å². The average molecular weight is 248 g/mol. The van der Waals surface area contributed by atoms with Crippen molar-refractivity contribution in [2.75, 3.05) is 13.2 Å². The van der Waals surface area contributed by atoms with E-state index in [1.54, 1.807) is 0 Å². The molecule has 0 radical (unpaired) electrons. The van der Waals surface area contributed by atoms with E-state index in [2.05, 4.69) is 16.0 Å². The van der Waals surface area contributed by atoms with Crippen LogP contribution < -0.4 is 0 Å². The fourth-order valence-corrected chi connectivity index (χ4v) is 2.27. The molecule has 1 aliphatic rings. The summed E-state index contributed by atoms with van der Waals surface area (Å²) < 4.78 is 16.4. The molecule has 5 atom stereocenters. The Morgan fingerprint density at radius 2 is 2.31 bits per heavy atom. The molecule has 94 valence electrons. The molecule has 0 saturated carbocycles. The van der Waals surface area contributed by atoms with E-state index < -0.39 is 0 Å². The van der Waals surface area contributed by atoms with Crippen LogP contribution in [0.3, 0.4) is 0 Å². The maximum Gasteiger partial charge on any atom is 0.163 e. The summed E-state index contributed by atoms with van der Waals surface area (Å²) in [4.78, 5) is 0. The number of hydrogen-bond donors (Lipinski definition) is 1. The molecule has 1 N–H and O–H groups in total. The topological polar surface area (TPSA) is 47.9 Å². The Labute approximate surface area is 99.2 Å². The highest BCUT2D eigenvalue weighted by molar-refractivity contribution is 7.09. The summed E-state index contributed by atoms with van der Waals surface area (Å²) in [6.07, 6.45) is 3.04. The van der Waals surface area contributed by atoms with Crippen LogP contribution in [-0.2, 0) is 14.0 Å². The fraction of sp³-hybridized carbons (Fsp3) is 0.818. The summed E-state index contributed by atoms with van der Waals surface area (Å²) in [5.41, 5.74) is 0. The minimum absolute atomic E-state index is 0.0457. The molecule has 1 aliphatic heterocycles. The highest BCUT2D eigenvalue weighted by Gasteiger charge is 2.42. The van der Waals surface area contributed by atoms with Gasteiger partial charge in [-0.25, -0.2) is 0 Å². The third-order valence-electron chi connectivity index (χ3n) is 2.79. The minimum Gasteiger partial charge on any atom is -0.394 e. The monoisotopic (exact) mass is 248 g/mol. The summed E-state index contributed by atoms with van der Waals surface area (Å²) in [7, 11) is 2.22. The van der Waals surface area contributed by atoms with Crippen LogP contribution in [0.15, 0.2) is 12.7 Å². The first-order valence-corrected chi connectivity index (χ1v) is 6.06. The zero-order valence-corrected chi connectivity index (χ0v) is 10.8. The lowest BCUT2D eigenvalue weighted by molar-refractivity contribution is -0.153. The lowest BCUT2D eigenvalue weighted by atomic mass is 10.0. The van der Waals surface area contributed by atoms with Gasteiger partial charge < -0.3 is 19.1 Å². The van der Waals surface area contributed by atoms with E-state index in [1.807, 2.05) is 13.0 Å². The number of hydrogen-bond acceptors (Lipinski definition) is 4. The number of unbranched alkanes of at least 4 members (excludes halogenated alkanes) is 1. The number of rotatable bonds is 7. The van der Waals surface area contributed by atoms with Gasteiger partial charge in [0.15, 0.2) is 6.29 Å². The van der Waals surface area contributed by atoms with Gasteiger partial charge in [0.2, 0.25) is 0 Å². The van der Waals surface area contributed by atoms with E-state index >= 15 is 0 Å². The molecular weight excluding hydrogens is 227 g/mol. The van der Waals surface area contributed by atoms with Crippen molar-refractivity contribution in [3.05, 3.63) is 12.7 Å². The van der Waals surface area contributed by atoms with Gasteiger partial charge in [-0.15, -0.1) is 6.58 Å². The van der Waals surface area contributed by atoms with Crippen LogP contribution in [0, 0.1) is 5.92 Å². The van der Waals surface area contributed by atoms with E-state index in [0.29, 0.717) is 6.61 Å². The highest BCUT2D eigenvalue weighted by atomic mass is 31.0. The molecule has 5 heteroatoms. The molecule has 0 spiro atoms. The van der Waals surface area contributed by atoms with Crippen molar-refractivity contribution < 1.29 is 19.1 Å². The van der Waals surface area contributed by atoms with Crippen LogP contribution in [0.5, 0.6) is 0 Å². The van der Waals surface area contributed by atoms with Gasteiger partial charge in [0.25, 0.3) is 0 Å². The predicted octanol–water partition coefficient (Wildman–Crippen LogP) is 1.50. The quantitative estimate of drug-likeness (QED) is 0.421. The number of allylic oxidation sites excluding steroid dienone is 1. The van der Waals surface area contributed by atoms with Crippen molar-refractivity contribution in [3.63, 3.8) is 0 Å². The third-order valence-corrected chi connectivity index (χ3v) is 3.11. The van der Waals surface area contributed by atoms with E-state index in [4.69, 9.17) is 19.1 Å². The Morgan fingerprint density at radius 1 is 1.56 bits per heavy atom. The Balaban J connectivity index is 2.35. The Bertz CT molecular complexity index is 212.